The molecule has 82 valence electrons. The number of benzene rings is 1. The van der Waals surface area contributed by atoms with Crippen LogP contribution in [0.3, 0.4) is 0 Å². The first kappa shape index (κ1) is 12.1. The average molecular weight is 226 g/mol. The highest BCUT2D eigenvalue weighted by atomic mass is 35.5. The highest BCUT2D eigenvalue weighted by Crippen LogP contribution is 2.26. The molecular formula is C12H16ClNO. The van der Waals surface area contributed by atoms with Crippen LogP contribution in [0.4, 0.5) is 0 Å². The molecule has 0 aromatic heterocycles. The second kappa shape index (κ2) is 6.49. The predicted octanol–water partition coefficient (Wildman–Crippen LogP) is 3.01. The standard InChI is InChI=1S/C12H16ClNO/c1-3-4-8-15-12-7-5-6-11(13)10(12)9-14-2/h3-7,14H,8-9H2,1-2H3/b4-3+. The largest absolute Gasteiger partial charge is 0.489 e. The van der Waals surface area contributed by atoms with Gasteiger partial charge in [0.15, 0.2) is 0 Å². The molecule has 1 rings (SSSR count). The Labute approximate surface area is 95.9 Å². The Hall–Kier alpha value is -0.990. The van der Waals surface area contributed by atoms with E-state index < -0.39 is 0 Å². The summed E-state index contributed by atoms with van der Waals surface area (Å²) in [7, 11) is 1.89. The van der Waals surface area contributed by atoms with Crippen molar-refractivity contribution < 1.29 is 4.74 Å². The van der Waals surface area contributed by atoms with Crippen LogP contribution in [0, 0.1) is 0 Å². The van der Waals surface area contributed by atoms with Gasteiger partial charge in [0, 0.05) is 17.1 Å². The highest BCUT2D eigenvalue weighted by Gasteiger charge is 2.06. The molecule has 3 heteroatoms. The highest BCUT2D eigenvalue weighted by molar-refractivity contribution is 6.31. The number of rotatable bonds is 5. The Morgan fingerprint density at radius 3 is 2.93 bits per heavy atom. The van der Waals surface area contributed by atoms with Gasteiger partial charge in [0.05, 0.1) is 0 Å². The van der Waals surface area contributed by atoms with Crippen molar-refractivity contribution >= 4 is 11.6 Å². The number of nitrogens with one attached hydrogen (secondary N) is 1. The molecule has 0 aliphatic rings. The molecule has 0 saturated carbocycles. The van der Waals surface area contributed by atoms with Crippen LogP contribution < -0.4 is 10.1 Å². The summed E-state index contributed by atoms with van der Waals surface area (Å²) in [6, 6.07) is 5.70. The van der Waals surface area contributed by atoms with Crippen molar-refractivity contribution in [1.82, 2.24) is 5.32 Å². The molecule has 0 spiro atoms. The first-order valence-corrected chi connectivity index (χ1v) is 5.33. The fourth-order valence-corrected chi connectivity index (χ4v) is 1.49. The van der Waals surface area contributed by atoms with Crippen molar-refractivity contribution in [3.63, 3.8) is 0 Å². The summed E-state index contributed by atoms with van der Waals surface area (Å²) in [6.07, 6.45) is 3.92. The van der Waals surface area contributed by atoms with Gasteiger partial charge in [-0.05, 0) is 26.1 Å². The van der Waals surface area contributed by atoms with Crippen LogP contribution in [0.15, 0.2) is 30.4 Å². The van der Waals surface area contributed by atoms with Crippen molar-refractivity contribution in [3.05, 3.63) is 40.9 Å². The van der Waals surface area contributed by atoms with E-state index in [0.29, 0.717) is 13.2 Å². The van der Waals surface area contributed by atoms with E-state index in [1.54, 1.807) is 0 Å². The van der Waals surface area contributed by atoms with Gasteiger partial charge in [-0.15, -0.1) is 0 Å². The van der Waals surface area contributed by atoms with Gasteiger partial charge in [0.25, 0.3) is 0 Å². The van der Waals surface area contributed by atoms with E-state index in [1.807, 2.05) is 44.3 Å². The van der Waals surface area contributed by atoms with Crippen LogP contribution in [0.25, 0.3) is 0 Å². The minimum Gasteiger partial charge on any atom is -0.489 e. The zero-order valence-electron chi connectivity index (χ0n) is 9.09. The molecule has 0 saturated heterocycles. The second-order valence-electron chi connectivity index (χ2n) is 3.13. The quantitative estimate of drug-likeness (QED) is 0.778. The van der Waals surface area contributed by atoms with Crippen molar-refractivity contribution in [1.29, 1.82) is 0 Å². The normalized spacial score (nSPS) is 10.9. The molecule has 1 aromatic carbocycles. The van der Waals surface area contributed by atoms with Gasteiger partial charge >= 0.3 is 0 Å². The first-order chi connectivity index (χ1) is 7.29. The zero-order chi connectivity index (χ0) is 11.1. The van der Waals surface area contributed by atoms with E-state index in [2.05, 4.69) is 5.32 Å². The second-order valence-corrected chi connectivity index (χ2v) is 3.53. The lowest BCUT2D eigenvalue weighted by molar-refractivity contribution is 0.358. The number of allylic oxidation sites excluding steroid dienone is 1. The zero-order valence-corrected chi connectivity index (χ0v) is 9.84. The third-order valence-corrected chi connectivity index (χ3v) is 2.35. The lowest BCUT2D eigenvalue weighted by Gasteiger charge is -2.11. The van der Waals surface area contributed by atoms with Crippen molar-refractivity contribution in [2.75, 3.05) is 13.7 Å². The van der Waals surface area contributed by atoms with Crippen LogP contribution in [0.5, 0.6) is 5.75 Å². The van der Waals surface area contributed by atoms with Gasteiger partial charge in [-0.2, -0.15) is 0 Å². The number of ether oxygens (including phenoxy) is 1. The number of hydrogen-bond acceptors (Lipinski definition) is 2. The van der Waals surface area contributed by atoms with Crippen LogP contribution in [0.2, 0.25) is 5.02 Å². The first-order valence-electron chi connectivity index (χ1n) is 4.95. The van der Waals surface area contributed by atoms with E-state index in [-0.39, 0.29) is 0 Å². The number of halogens is 1. The molecule has 0 atom stereocenters. The van der Waals surface area contributed by atoms with E-state index in [0.717, 1.165) is 16.3 Å². The van der Waals surface area contributed by atoms with Crippen LogP contribution >= 0.6 is 11.6 Å². The van der Waals surface area contributed by atoms with Gasteiger partial charge in [-0.3, -0.25) is 0 Å². The summed E-state index contributed by atoms with van der Waals surface area (Å²) in [5, 5.41) is 3.81. The minimum absolute atomic E-state index is 0.577. The molecule has 0 fully saturated rings. The van der Waals surface area contributed by atoms with Gasteiger partial charge in [-0.25, -0.2) is 0 Å². The molecule has 1 aromatic rings. The topological polar surface area (TPSA) is 21.3 Å². The van der Waals surface area contributed by atoms with Crippen molar-refractivity contribution in [2.45, 2.75) is 13.5 Å². The number of hydrogen-bond donors (Lipinski definition) is 1. The summed E-state index contributed by atoms with van der Waals surface area (Å²) in [6.45, 7) is 3.26. The minimum atomic E-state index is 0.577. The Kier molecular flexibility index (Phi) is 5.22. The van der Waals surface area contributed by atoms with Crippen LogP contribution in [-0.2, 0) is 6.54 Å². The maximum absolute atomic E-state index is 6.08. The van der Waals surface area contributed by atoms with Gasteiger partial charge in [0.2, 0.25) is 0 Å². The van der Waals surface area contributed by atoms with Gasteiger partial charge in [0.1, 0.15) is 12.4 Å². The van der Waals surface area contributed by atoms with E-state index >= 15 is 0 Å². The predicted molar refractivity (Wildman–Crippen MR) is 64.5 cm³/mol. The van der Waals surface area contributed by atoms with Crippen LogP contribution in [-0.4, -0.2) is 13.7 Å². The molecule has 15 heavy (non-hydrogen) atoms. The van der Waals surface area contributed by atoms with Crippen molar-refractivity contribution in [2.24, 2.45) is 0 Å². The van der Waals surface area contributed by atoms with Crippen molar-refractivity contribution in [3.8, 4) is 5.75 Å². The summed E-state index contributed by atoms with van der Waals surface area (Å²) in [4.78, 5) is 0. The molecule has 0 heterocycles. The third kappa shape index (κ3) is 3.57. The summed E-state index contributed by atoms with van der Waals surface area (Å²) in [5.41, 5.74) is 1.01. The molecule has 0 aliphatic heterocycles. The SMILES string of the molecule is C/C=C/COc1cccc(Cl)c1CNC. The molecule has 0 radical (unpaired) electrons. The average Bonchev–Trinajstić information content (AvgIpc) is 2.23. The molecule has 0 unspecified atom stereocenters. The monoisotopic (exact) mass is 225 g/mol. The third-order valence-electron chi connectivity index (χ3n) is 2.00. The molecular weight excluding hydrogens is 210 g/mol. The molecule has 0 bridgehead atoms. The Morgan fingerprint density at radius 1 is 1.47 bits per heavy atom. The Balaban J connectivity index is 2.80. The molecule has 0 amide bonds. The lowest BCUT2D eigenvalue weighted by atomic mass is 10.2. The fourth-order valence-electron chi connectivity index (χ4n) is 1.26. The van der Waals surface area contributed by atoms with Crippen LogP contribution in [0.1, 0.15) is 12.5 Å². The van der Waals surface area contributed by atoms with E-state index in [1.165, 1.54) is 0 Å². The summed E-state index contributed by atoms with van der Waals surface area (Å²) >= 11 is 6.08. The van der Waals surface area contributed by atoms with Gasteiger partial charge in [-0.1, -0.05) is 29.8 Å². The van der Waals surface area contributed by atoms with E-state index in [4.69, 9.17) is 16.3 Å². The van der Waals surface area contributed by atoms with Gasteiger partial charge < -0.3 is 10.1 Å². The molecule has 0 aliphatic carbocycles. The molecule has 2 nitrogen and oxygen atoms in total. The molecule has 1 N–H and O–H groups in total. The fraction of sp³-hybridized carbons (Fsp3) is 0.333. The smallest absolute Gasteiger partial charge is 0.125 e. The maximum atomic E-state index is 6.08. The Morgan fingerprint density at radius 2 is 2.27 bits per heavy atom. The maximum Gasteiger partial charge on any atom is 0.125 e. The summed E-state index contributed by atoms with van der Waals surface area (Å²) < 4.78 is 5.60. The summed E-state index contributed by atoms with van der Waals surface area (Å²) in [5.74, 6) is 0.843. The van der Waals surface area contributed by atoms with E-state index in [9.17, 15) is 0 Å². The Bertz CT molecular complexity index is 336. The lowest BCUT2D eigenvalue weighted by Crippen LogP contribution is -2.08.